The van der Waals surface area contributed by atoms with Gasteiger partial charge in [0.25, 0.3) is 5.91 Å². The molecule has 4 amide bonds. The molecule has 0 aromatic heterocycles. The third kappa shape index (κ3) is 2.77. The molecule has 2 saturated heterocycles. The van der Waals surface area contributed by atoms with Crippen molar-refractivity contribution < 1.29 is 32.1 Å². The average molecular weight is 305 g/mol. The number of hydrogen-bond acceptors (Lipinski definition) is 6. The predicted octanol–water partition coefficient (Wildman–Crippen LogP) is -2.83. The van der Waals surface area contributed by atoms with Crippen LogP contribution in [0, 0.1) is 5.92 Å². The molecule has 0 bridgehead atoms. The maximum atomic E-state index is 11.6. The molecule has 2 rings (SSSR count). The van der Waals surface area contributed by atoms with Crippen LogP contribution < -0.4 is 10.6 Å². The smallest absolute Gasteiger partial charge is 0.343 e. The van der Waals surface area contributed by atoms with E-state index in [2.05, 4.69) is 5.32 Å². The highest BCUT2D eigenvalue weighted by Crippen LogP contribution is 2.17. The van der Waals surface area contributed by atoms with Gasteiger partial charge in [-0.15, -0.1) is 0 Å². The summed E-state index contributed by atoms with van der Waals surface area (Å²) in [5.41, 5.74) is 0. The van der Waals surface area contributed by atoms with E-state index in [1.54, 1.807) is 0 Å². The number of hydrogen-bond donors (Lipinski definition) is 3. The number of β-lactam (4-membered cyclic amide) rings is 1. The van der Waals surface area contributed by atoms with Gasteiger partial charge in [-0.1, -0.05) is 0 Å². The van der Waals surface area contributed by atoms with Gasteiger partial charge in [-0.05, 0) is 0 Å². The lowest BCUT2D eigenvalue weighted by Crippen LogP contribution is -2.65. The molecule has 0 aromatic rings. The van der Waals surface area contributed by atoms with E-state index in [4.69, 9.17) is 4.55 Å². The van der Waals surface area contributed by atoms with E-state index in [-0.39, 0.29) is 23.7 Å². The Hall–Kier alpha value is -2.01. The minimum Gasteiger partial charge on any atom is -0.343 e. The van der Waals surface area contributed by atoms with E-state index < -0.39 is 45.9 Å². The van der Waals surface area contributed by atoms with E-state index >= 15 is 0 Å². The zero-order chi connectivity index (χ0) is 15.1. The van der Waals surface area contributed by atoms with Crippen molar-refractivity contribution in [2.75, 3.05) is 6.54 Å². The monoisotopic (exact) mass is 305 g/mol. The van der Waals surface area contributed by atoms with Gasteiger partial charge in [-0.25, -0.2) is 4.31 Å². The first-order valence-corrected chi connectivity index (χ1v) is 7.00. The maximum absolute atomic E-state index is 11.6. The molecule has 0 aromatic carbocycles. The molecule has 2 heterocycles. The topological polar surface area (TPSA) is 150 Å². The summed E-state index contributed by atoms with van der Waals surface area (Å²) in [4.78, 5) is 45.1. The van der Waals surface area contributed by atoms with Crippen molar-refractivity contribution in [2.24, 2.45) is 5.92 Å². The van der Waals surface area contributed by atoms with Crippen LogP contribution in [0.2, 0.25) is 0 Å². The molecule has 0 saturated carbocycles. The average Bonchev–Trinajstić information content (AvgIpc) is 2.60. The first-order valence-electron chi connectivity index (χ1n) is 5.60. The highest BCUT2D eigenvalue weighted by Gasteiger charge is 2.44. The number of nitrogens with zero attached hydrogens (tertiary/aromatic N) is 1. The quantitative estimate of drug-likeness (QED) is 0.288. The lowest BCUT2D eigenvalue weighted by atomic mass is 10.0. The van der Waals surface area contributed by atoms with E-state index in [0.717, 1.165) is 0 Å². The van der Waals surface area contributed by atoms with Crippen molar-refractivity contribution in [3.8, 4) is 0 Å². The Kier molecular flexibility index (Phi) is 3.48. The zero-order valence-corrected chi connectivity index (χ0v) is 10.8. The molecule has 2 atom stereocenters. The van der Waals surface area contributed by atoms with Crippen molar-refractivity contribution in [2.45, 2.75) is 18.9 Å². The summed E-state index contributed by atoms with van der Waals surface area (Å²) in [6.45, 7) is -0.362. The highest BCUT2D eigenvalue weighted by molar-refractivity contribution is 7.84. The van der Waals surface area contributed by atoms with Gasteiger partial charge in [0.2, 0.25) is 17.7 Å². The predicted molar refractivity (Wildman–Crippen MR) is 61.1 cm³/mol. The van der Waals surface area contributed by atoms with Gasteiger partial charge in [0.05, 0.1) is 12.5 Å². The van der Waals surface area contributed by atoms with Crippen LogP contribution in [0.25, 0.3) is 0 Å². The molecule has 2 fully saturated rings. The van der Waals surface area contributed by atoms with Crippen molar-refractivity contribution in [1.29, 1.82) is 0 Å². The van der Waals surface area contributed by atoms with Crippen LogP contribution in [0.4, 0.5) is 0 Å². The Balaban J connectivity index is 1.84. The van der Waals surface area contributed by atoms with Gasteiger partial charge in [0, 0.05) is 12.8 Å². The second kappa shape index (κ2) is 4.83. The van der Waals surface area contributed by atoms with Gasteiger partial charge in [-0.2, -0.15) is 8.42 Å². The fourth-order valence-electron chi connectivity index (χ4n) is 1.96. The van der Waals surface area contributed by atoms with E-state index in [1.165, 1.54) is 0 Å². The van der Waals surface area contributed by atoms with Crippen molar-refractivity contribution >= 4 is 33.9 Å². The van der Waals surface area contributed by atoms with Crippen LogP contribution in [-0.4, -0.2) is 53.5 Å². The summed E-state index contributed by atoms with van der Waals surface area (Å²) in [6.07, 6.45) is -0.366. The fraction of sp³-hybridized carbons (Fsp3) is 0.556. The molecular weight excluding hydrogens is 294 g/mol. The Morgan fingerprint density at radius 1 is 1.40 bits per heavy atom. The van der Waals surface area contributed by atoms with Crippen LogP contribution >= 0.6 is 0 Å². The number of carbonyl (C=O) groups is 4. The lowest BCUT2D eigenvalue weighted by molar-refractivity contribution is -0.141. The van der Waals surface area contributed by atoms with Crippen LogP contribution in [0.1, 0.15) is 12.8 Å². The minimum absolute atomic E-state index is 0.0952. The molecular formula is C9H11N3O7S. The van der Waals surface area contributed by atoms with Gasteiger partial charge >= 0.3 is 10.3 Å². The lowest BCUT2D eigenvalue weighted by Gasteiger charge is -2.35. The van der Waals surface area contributed by atoms with Crippen molar-refractivity contribution in [3.05, 3.63) is 0 Å². The first kappa shape index (κ1) is 14.4. The second-order valence-electron chi connectivity index (χ2n) is 4.48. The number of imide groups is 1. The minimum atomic E-state index is -4.60. The number of carbonyl (C=O) groups excluding carboxylic acids is 4. The van der Waals surface area contributed by atoms with Crippen LogP contribution in [0.15, 0.2) is 0 Å². The number of amides is 4. The molecule has 2 aliphatic heterocycles. The molecule has 0 spiro atoms. The van der Waals surface area contributed by atoms with Crippen molar-refractivity contribution in [1.82, 2.24) is 14.9 Å². The summed E-state index contributed by atoms with van der Waals surface area (Å²) in [7, 11) is -4.60. The zero-order valence-electron chi connectivity index (χ0n) is 10.0. The molecule has 110 valence electrons. The van der Waals surface area contributed by atoms with Crippen LogP contribution in [0.5, 0.6) is 0 Å². The SMILES string of the molecule is O=C1CC(CC(=O)NC2CN(S(=O)(=O)O)C2=O)C(=O)N1. The molecule has 20 heavy (non-hydrogen) atoms. The third-order valence-corrected chi connectivity index (χ3v) is 3.89. The summed E-state index contributed by atoms with van der Waals surface area (Å²) in [5, 5.41) is 4.28. The number of nitrogens with one attached hydrogen (secondary N) is 2. The third-order valence-electron chi connectivity index (χ3n) is 3.00. The second-order valence-corrected chi connectivity index (χ2v) is 5.82. The molecule has 0 radical (unpaired) electrons. The highest BCUT2D eigenvalue weighted by atomic mass is 32.2. The fourth-order valence-corrected chi connectivity index (χ4v) is 2.65. The molecule has 2 unspecified atom stereocenters. The van der Waals surface area contributed by atoms with Gasteiger partial charge in [0.1, 0.15) is 6.04 Å². The van der Waals surface area contributed by atoms with E-state index in [9.17, 15) is 27.6 Å². The van der Waals surface area contributed by atoms with Crippen molar-refractivity contribution in [3.63, 3.8) is 0 Å². The van der Waals surface area contributed by atoms with Crippen LogP contribution in [-0.2, 0) is 29.5 Å². The molecule has 2 aliphatic rings. The maximum Gasteiger partial charge on any atom is 0.362 e. The summed E-state index contributed by atoms with van der Waals surface area (Å²) >= 11 is 0. The first-order chi connectivity index (χ1) is 9.18. The van der Waals surface area contributed by atoms with Gasteiger partial charge in [-0.3, -0.25) is 29.0 Å². The molecule has 3 N–H and O–H groups in total. The van der Waals surface area contributed by atoms with Crippen LogP contribution in [0.3, 0.4) is 0 Å². The molecule has 11 heteroatoms. The Bertz CT molecular complexity index is 599. The van der Waals surface area contributed by atoms with E-state index in [0.29, 0.717) is 0 Å². The molecule has 10 nitrogen and oxygen atoms in total. The normalized spacial score (nSPS) is 26.2. The Morgan fingerprint density at radius 2 is 2.05 bits per heavy atom. The molecule has 0 aliphatic carbocycles. The van der Waals surface area contributed by atoms with Gasteiger partial charge < -0.3 is 5.32 Å². The Morgan fingerprint density at radius 3 is 2.50 bits per heavy atom. The standard InChI is InChI=1S/C9H11N3O7S/c13-6(1-4-2-7(14)11-8(4)15)10-5-3-12(9(5)16)20(17,18)19/h4-5H,1-3H2,(H,10,13)(H,11,14,15)(H,17,18,19). The largest absolute Gasteiger partial charge is 0.362 e. The van der Waals surface area contributed by atoms with Gasteiger partial charge in [0.15, 0.2) is 0 Å². The Labute approximate surface area is 113 Å². The summed E-state index contributed by atoms with van der Waals surface area (Å²) in [6, 6.07) is -1.05. The summed E-state index contributed by atoms with van der Waals surface area (Å²) in [5.74, 6) is -3.40. The summed E-state index contributed by atoms with van der Waals surface area (Å²) < 4.78 is 30.2. The number of rotatable bonds is 4. The van der Waals surface area contributed by atoms with E-state index in [1.807, 2.05) is 5.32 Å².